The van der Waals surface area contributed by atoms with Gasteiger partial charge in [0.15, 0.2) is 0 Å². The summed E-state index contributed by atoms with van der Waals surface area (Å²) in [6.45, 7) is 6.28. The molecule has 1 aromatic carbocycles. The molecular formula is C16H24Cl2N4OS. The molecule has 1 amide bonds. The number of aromatic nitrogens is 2. The molecule has 2 unspecified atom stereocenters. The molecule has 0 saturated carbocycles. The topological polar surface area (TPSA) is 59.0 Å². The molecule has 1 fully saturated rings. The molecule has 2 N–H and O–H groups in total. The van der Waals surface area contributed by atoms with Crippen LogP contribution < -0.4 is 10.6 Å². The van der Waals surface area contributed by atoms with Crippen molar-refractivity contribution in [3.63, 3.8) is 0 Å². The van der Waals surface area contributed by atoms with Gasteiger partial charge in [-0.25, -0.2) is 4.98 Å². The maximum absolute atomic E-state index is 12.3. The van der Waals surface area contributed by atoms with Crippen LogP contribution in [-0.2, 0) is 4.79 Å². The predicted octanol–water partition coefficient (Wildman–Crippen LogP) is 3.30. The van der Waals surface area contributed by atoms with E-state index in [1.807, 2.05) is 25.1 Å². The Morgan fingerprint density at radius 1 is 1.33 bits per heavy atom. The van der Waals surface area contributed by atoms with Gasteiger partial charge in [0.1, 0.15) is 5.82 Å². The number of hydrogen-bond donors (Lipinski definition) is 2. The number of benzene rings is 1. The van der Waals surface area contributed by atoms with E-state index < -0.39 is 0 Å². The number of halogens is 2. The van der Waals surface area contributed by atoms with Crippen molar-refractivity contribution in [3.05, 3.63) is 30.1 Å². The number of para-hydroxylation sites is 2. The van der Waals surface area contributed by atoms with Crippen LogP contribution in [0.15, 0.2) is 24.3 Å². The summed E-state index contributed by atoms with van der Waals surface area (Å²) in [5, 5.41) is 6.30. The molecule has 3 rings (SSSR count). The van der Waals surface area contributed by atoms with Gasteiger partial charge in [-0.05, 0) is 32.9 Å². The van der Waals surface area contributed by atoms with Gasteiger partial charge in [0.05, 0.1) is 23.1 Å². The Bertz CT molecular complexity index is 686. The van der Waals surface area contributed by atoms with Crippen molar-refractivity contribution >= 4 is 53.5 Å². The van der Waals surface area contributed by atoms with Crippen LogP contribution in [0.2, 0.25) is 0 Å². The van der Waals surface area contributed by atoms with E-state index in [-0.39, 0.29) is 42.8 Å². The third kappa shape index (κ3) is 4.17. The summed E-state index contributed by atoms with van der Waals surface area (Å²) in [6, 6.07) is 8.19. The van der Waals surface area contributed by atoms with Crippen LogP contribution in [0.25, 0.3) is 11.0 Å². The molecule has 1 aliphatic heterocycles. The van der Waals surface area contributed by atoms with E-state index in [1.54, 1.807) is 11.8 Å². The number of imidazole rings is 1. The van der Waals surface area contributed by atoms with Gasteiger partial charge in [0.25, 0.3) is 0 Å². The van der Waals surface area contributed by atoms with Crippen LogP contribution in [0, 0.1) is 0 Å². The molecule has 1 aliphatic rings. The van der Waals surface area contributed by atoms with Gasteiger partial charge in [-0.15, -0.1) is 36.6 Å². The van der Waals surface area contributed by atoms with E-state index in [9.17, 15) is 4.79 Å². The average molecular weight is 391 g/mol. The molecule has 24 heavy (non-hydrogen) atoms. The summed E-state index contributed by atoms with van der Waals surface area (Å²) in [5.41, 5.74) is 2.09. The molecule has 2 atom stereocenters. The molecule has 0 aliphatic carbocycles. The summed E-state index contributed by atoms with van der Waals surface area (Å²) in [6.07, 6.45) is 0. The summed E-state index contributed by atoms with van der Waals surface area (Å²) < 4.78 is 2.21. The number of rotatable bonds is 4. The van der Waals surface area contributed by atoms with Crippen molar-refractivity contribution in [2.24, 2.45) is 0 Å². The van der Waals surface area contributed by atoms with Gasteiger partial charge >= 0.3 is 0 Å². The lowest BCUT2D eigenvalue weighted by Crippen LogP contribution is -2.43. The normalized spacial score (nSPS) is 18.1. The lowest BCUT2D eigenvalue weighted by atomic mass is 10.2. The number of carbonyl (C=O) groups excluding carboxylic acids is 1. The number of fused-ring (bicyclic) bond motifs is 1. The first-order valence-corrected chi connectivity index (χ1v) is 8.81. The Hall–Kier alpha value is -0.950. The van der Waals surface area contributed by atoms with E-state index in [0.717, 1.165) is 28.5 Å². The van der Waals surface area contributed by atoms with Crippen LogP contribution in [-0.4, -0.2) is 33.1 Å². The van der Waals surface area contributed by atoms with Crippen molar-refractivity contribution in [2.45, 2.75) is 38.9 Å². The average Bonchev–Trinajstić information content (AvgIpc) is 3.14. The maximum atomic E-state index is 12.3. The molecule has 5 nitrogen and oxygen atoms in total. The summed E-state index contributed by atoms with van der Waals surface area (Å²) in [7, 11) is 0. The number of thioether (sulfide) groups is 1. The van der Waals surface area contributed by atoms with E-state index in [4.69, 9.17) is 4.98 Å². The molecule has 2 heterocycles. The first kappa shape index (κ1) is 21.1. The van der Waals surface area contributed by atoms with Crippen molar-refractivity contribution in [3.8, 4) is 0 Å². The number of amides is 1. The molecule has 2 aromatic rings. The first-order valence-electron chi connectivity index (χ1n) is 7.66. The van der Waals surface area contributed by atoms with Gasteiger partial charge < -0.3 is 9.88 Å². The minimum Gasteiger partial charge on any atom is -0.345 e. The van der Waals surface area contributed by atoms with Crippen LogP contribution >= 0.6 is 36.6 Å². The standard InChI is InChI=1S/C16H22N4OS.2ClH/c1-10(2)20-14-7-5-4-6-12(14)19-15(20)11(3)18-16(21)13-8-22-9-17-13;;/h4-7,10-11,13,17H,8-9H2,1-3H3,(H,18,21);2*1H. The fourth-order valence-corrected chi connectivity index (χ4v) is 3.80. The Morgan fingerprint density at radius 2 is 2.04 bits per heavy atom. The lowest BCUT2D eigenvalue weighted by molar-refractivity contribution is -0.123. The molecule has 134 valence electrons. The zero-order chi connectivity index (χ0) is 15.7. The van der Waals surface area contributed by atoms with E-state index in [1.165, 1.54) is 0 Å². The molecule has 0 spiro atoms. The number of carbonyl (C=O) groups is 1. The fourth-order valence-electron chi connectivity index (χ4n) is 2.85. The van der Waals surface area contributed by atoms with Crippen molar-refractivity contribution in [1.82, 2.24) is 20.2 Å². The molecular weight excluding hydrogens is 367 g/mol. The molecule has 8 heteroatoms. The monoisotopic (exact) mass is 390 g/mol. The predicted molar refractivity (Wildman–Crippen MR) is 105 cm³/mol. The highest BCUT2D eigenvalue weighted by molar-refractivity contribution is 7.99. The van der Waals surface area contributed by atoms with Gasteiger partial charge in [-0.2, -0.15) is 0 Å². The highest BCUT2D eigenvalue weighted by Crippen LogP contribution is 2.25. The third-order valence-electron chi connectivity index (χ3n) is 3.92. The molecule has 1 aromatic heterocycles. The number of nitrogens with zero attached hydrogens (tertiary/aromatic N) is 2. The van der Waals surface area contributed by atoms with E-state index in [2.05, 4.69) is 35.1 Å². The summed E-state index contributed by atoms with van der Waals surface area (Å²) in [4.78, 5) is 17.0. The second kappa shape index (κ2) is 8.94. The van der Waals surface area contributed by atoms with Crippen LogP contribution in [0.4, 0.5) is 0 Å². The molecule has 0 bridgehead atoms. The Labute approximate surface area is 159 Å². The highest BCUT2D eigenvalue weighted by atomic mass is 35.5. The Kier molecular flexibility index (Phi) is 7.86. The lowest BCUT2D eigenvalue weighted by Gasteiger charge is -2.20. The fraction of sp³-hybridized carbons (Fsp3) is 0.500. The zero-order valence-electron chi connectivity index (χ0n) is 14.0. The second-order valence-corrected chi connectivity index (χ2v) is 6.95. The van der Waals surface area contributed by atoms with Crippen molar-refractivity contribution < 1.29 is 4.79 Å². The maximum Gasteiger partial charge on any atom is 0.238 e. The number of nitrogens with one attached hydrogen (secondary N) is 2. The van der Waals surface area contributed by atoms with Crippen molar-refractivity contribution in [2.75, 3.05) is 11.6 Å². The number of hydrogen-bond acceptors (Lipinski definition) is 4. The summed E-state index contributed by atoms with van der Waals surface area (Å²) >= 11 is 1.75. The zero-order valence-corrected chi connectivity index (χ0v) is 16.4. The quantitative estimate of drug-likeness (QED) is 0.840. The van der Waals surface area contributed by atoms with Crippen LogP contribution in [0.1, 0.15) is 38.7 Å². The Morgan fingerprint density at radius 3 is 2.67 bits per heavy atom. The van der Waals surface area contributed by atoms with Gasteiger partial charge in [0.2, 0.25) is 5.91 Å². The Balaban J connectivity index is 0.00000144. The van der Waals surface area contributed by atoms with Gasteiger partial charge in [-0.3, -0.25) is 10.1 Å². The molecule has 0 radical (unpaired) electrons. The van der Waals surface area contributed by atoms with Crippen molar-refractivity contribution in [1.29, 1.82) is 0 Å². The largest absolute Gasteiger partial charge is 0.345 e. The summed E-state index contributed by atoms with van der Waals surface area (Å²) in [5.74, 6) is 2.64. The van der Waals surface area contributed by atoms with E-state index in [0.29, 0.717) is 6.04 Å². The first-order chi connectivity index (χ1) is 10.6. The van der Waals surface area contributed by atoms with E-state index >= 15 is 0 Å². The minimum atomic E-state index is -0.116. The van der Waals surface area contributed by atoms with Gasteiger partial charge in [-0.1, -0.05) is 12.1 Å². The third-order valence-corrected chi connectivity index (χ3v) is 4.86. The van der Waals surface area contributed by atoms with Crippen LogP contribution in [0.5, 0.6) is 0 Å². The van der Waals surface area contributed by atoms with Crippen LogP contribution in [0.3, 0.4) is 0 Å². The SMILES string of the molecule is CC(NC(=O)C1CSCN1)c1nc2ccccc2n1C(C)C.Cl.Cl. The second-order valence-electron chi connectivity index (χ2n) is 5.92. The molecule has 1 saturated heterocycles. The highest BCUT2D eigenvalue weighted by Gasteiger charge is 2.26. The minimum absolute atomic E-state index is 0. The van der Waals surface area contributed by atoms with Gasteiger partial charge in [0, 0.05) is 17.7 Å². The smallest absolute Gasteiger partial charge is 0.238 e.